The first-order valence-corrected chi connectivity index (χ1v) is 9.40. The molecule has 2 aromatic rings. The lowest BCUT2D eigenvalue weighted by Crippen LogP contribution is -2.47. The topological polar surface area (TPSA) is 127 Å². The van der Waals surface area contributed by atoms with Crippen LogP contribution in [0.3, 0.4) is 0 Å². The minimum absolute atomic E-state index is 0.0713. The Morgan fingerprint density at radius 2 is 1.53 bits per heavy atom. The Hall–Kier alpha value is -3.62. The van der Waals surface area contributed by atoms with E-state index in [-0.39, 0.29) is 17.6 Å². The number of rotatable bonds is 8. The van der Waals surface area contributed by atoms with Crippen LogP contribution >= 0.6 is 0 Å². The molecule has 0 saturated heterocycles. The lowest BCUT2D eigenvalue weighted by atomic mass is 10.0. The van der Waals surface area contributed by atoms with E-state index in [0.29, 0.717) is 11.4 Å². The number of hydrogen-bond acceptors (Lipinski definition) is 6. The fourth-order valence-electron chi connectivity index (χ4n) is 2.50. The molecule has 9 nitrogen and oxygen atoms in total. The third-order valence-corrected chi connectivity index (χ3v) is 4.09. The van der Waals surface area contributed by atoms with Crippen molar-refractivity contribution in [1.82, 2.24) is 5.32 Å². The number of esters is 1. The van der Waals surface area contributed by atoms with E-state index in [1.807, 2.05) is 0 Å². The molecule has 2 atom stereocenters. The monoisotopic (exact) mass is 415 g/mol. The second-order valence-electron chi connectivity index (χ2n) is 7.00. The molecule has 3 N–H and O–H groups in total. The van der Waals surface area contributed by atoms with Crippen LogP contribution in [0.5, 0.6) is 0 Å². The summed E-state index contributed by atoms with van der Waals surface area (Å²) >= 11 is 0. The van der Waals surface area contributed by atoms with Gasteiger partial charge in [0, 0.05) is 18.3 Å². The summed E-state index contributed by atoms with van der Waals surface area (Å²) in [7, 11) is 0. The van der Waals surface area contributed by atoms with Crippen LogP contribution in [-0.2, 0) is 19.1 Å². The fourth-order valence-corrected chi connectivity index (χ4v) is 2.50. The molecule has 9 heteroatoms. The molecule has 0 aliphatic heterocycles. The Morgan fingerprint density at radius 1 is 0.933 bits per heavy atom. The molecule has 0 aliphatic carbocycles. The Balaban J connectivity index is 1.94. The van der Waals surface area contributed by atoms with E-state index in [1.165, 1.54) is 26.2 Å². The van der Waals surface area contributed by atoms with E-state index in [1.54, 1.807) is 44.2 Å². The highest BCUT2D eigenvalue weighted by Crippen LogP contribution is 2.15. The molecule has 3 amide bonds. The molecule has 0 unspecified atom stereocenters. The molecule has 0 bridgehead atoms. The van der Waals surface area contributed by atoms with Crippen molar-refractivity contribution < 1.29 is 28.3 Å². The summed E-state index contributed by atoms with van der Waals surface area (Å²) in [5, 5.41) is 7.81. The standard InChI is InChI=1S/C21H25N3O6/c1-12(2)18(24-20(27)17-6-5-11-29-17)21(28)30-13(3)19(26)23-16-9-7-15(8-10-16)22-14(4)25/h5-13,18H,1-4H3,(H,22,25)(H,23,26)(H,24,27)/t13-,18+/m1/s1. The van der Waals surface area contributed by atoms with Crippen LogP contribution in [0.25, 0.3) is 0 Å². The first-order chi connectivity index (χ1) is 14.2. The molecule has 1 aromatic heterocycles. The van der Waals surface area contributed by atoms with Crippen LogP contribution in [0.4, 0.5) is 11.4 Å². The predicted octanol–water partition coefficient (Wildman–Crippen LogP) is 2.56. The Bertz CT molecular complexity index is 890. The van der Waals surface area contributed by atoms with Crippen LogP contribution in [0.2, 0.25) is 0 Å². The molecule has 0 radical (unpaired) electrons. The van der Waals surface area contributed by atoms with Crippen molar-refractivity contribution >= 4 is 35.1 Å². The minimum Gasteiger partial charge on any atom is -0.459 e. The predicted molar refractivity (Wildman–Crippen MR) is 110 cm³/mol. The van der Waals surface area contributed by atoms with E-state index in [2.05, 4.69) is 16.0 Å². The van der Waals surface area contributed by atoms with Gasteiger partial charge in [0.15, 0.2) is 11.9 Å². The van der Waals surface area contributed by atoms with Crippen LogP contribution in [0.15, 0.2) is 47.1 Å². The number of hydrogen-bond donors (Lipinski definition) is 3. The Morgan fingerprint density at radius 3 is 2.03 bits per heavy atom. The molecule has 160 valence electrons. The van der Waals surface area contributed by atoms with Crippen LogP contribution in [0.1, 0.15) is 38.2 Å². The fraction of sp³-hybridized carbons (Fsp3) is 0.333. The molecule has 2 rings (SSSR count). The second-order valence-corrected chi connectivity index (χ2v) is 7.00. The molecule has 30 heavy (non-hydrogen) atoms. The molecule has 0 saturated carbocycles. The summed E-state index contributed by atoms with van der Waals surface area (Å²) in [4.78, 5) is 48.1. The van der Waals surface area contributed by atoms with Gasteiger partial charge in [0.2, 0.25) is 5.91 Å². The van der Waals surface area contributed by atoms with Gasteiger partial charge in [-0.1, -0.05) is 13.8 Å². The van der Waals surface area contributed by atoms with Crippen molar-refractivity contribution in [2.24, 2.45) is 5.92 Å². The largest absolute Gasteiger partial charge is 0.459 e. The van der Waals surface area contributed by atoms with Gasteiger partial charge in [-0.25, -0.2) is 4.79 Å². The van der Waals surface area contributed by atoms with E-state index in [0.717, 1.165) is 0 Å². The molecule has 1 aromatic carbocycles. The Kier molecular flexibility index (Phi) is 7.74. The highest BCUT2D eigenvalue weighted by molar-refractivity contribution is 5.97. The summed E-state index contributed by atoms with van der Waals surface area (Å²) in [5.74, 6) is -2.21. The van der Waals surface area contributed by atoms with Crippen molar-refractivity contribution in [2.45, 2.75) is 39.8 Å². The van der Waals surface area contributed by atoms with E-state index in [4.69, 9.17) is 9.15 Å². The zero-order chi connectivity index (χ0) is 22.3. The van der Waals surface area contributed by atoms with Crippen molar-refractivity contribution in [3.05, 3.63) is 48.4 Å². The number of anilines is 2. The summed E-state index contributed by atoms with van der Waals surface area (Å²) in [6.07, 6.45) is 0.265. The van der Waals surface area contributed by atoms with Crippen LogP contribution in [0, 0.1) is 5.92 Å². The van der Waals surface area contributed by atoms with Gasteiger partial charge in [-0.15, -0.1) is 0 Å². The van der Waals surface area contributed by atoms with Crippen molar-refractivity contribution in [2.75, 3.05) is 10.6 Å². The third-order valence-electron chi connectivity index (χ3n) is 4.09. The van der Waals surface area contributed by atoms with Gasteiger partial charge in [0.05, 0.1) is 6.26 Å². The van der Waals surface area contributed by atoms with Gasteiger partial charge in [0.1, 0.15) is 6.04 Å². The average molecular weight is 415 g/mol. The van der Waals surface area contributed by atoms with E-state index >= 15 is 0 Å². The quantitative estimate of drug-likeness (QED) is 0.569. The highest BCUT2D eigenvalue weighted by Gasteiger charge is 2.29. The molecule has 0 aliphatic rings. The zero-order valence-electron chi connectivity index (χ0n) is 17.2. The zero-order valence-corrected chi connectivity index (χ0v) is 17.2. The number of carbonyl (C=O) groups is 4. The van der Waals surface area contributed by atoms with E-state index < -0.39 is 29.9 Å². The van der Waals surface area contributed by atoms with Crippen LogP contribution < -0.4 is 16.0 Å². The maximum absolute atomic E-state index is 12.5. The van der Waals surface area contributed by atoms with Gasteiger partial charge < -0.3 is 25.1 Å². The summed E-state index contributed by atoms with van der Waals surface area (Å²) in [5.41, 5.74) is 1.07. The summed E-state index contributed by atoms with van der Waals surface area (Å²) in [6, 6.07) is 8.57. The smallest absolute Gasteiger partial charge is 0.329 e. The number of ether oxygens (including phenoxy) is 1. The lowest BCUT2D eigenvalue weighted by Gasteiger charge is -2.22. The first-order valence-electron chi connectivity index (χ1n) is 9.40. The third kappa shape index (κ3) is 6.47. The average Bonchev–Trinajstić information content (AvgIpc) is 3.21. The SMILES string of the molecule is CC(=O)Nc1ccc(NC(=O)[C@@H](C)OC(=O)[C@@H](NC(=O)c2ccco2)C(C)C)cc1. The highest BCUT2D eigenvalue weighted by atomic mass is 16.5. The normalized spacial score (nSPS) is 12.6. The van der Waals surface area contributed by atoms with Crippen molar-refractivity contribution in [3.8, 4) is 0 Å². The number of nitrogens with one attached hydrogen (secondary N) is 3. The first kappa shape index (κ1) is 22.7. The summed E-state index contributed by atoms with van der Waals surface area (Å²) in [6.45, 7) is 6.32. The molecule has 0 fully saturated rings. The number of benzene rings is 1. The molecular weight excluding hydrogens is 390 g/mol. The van der Waals surface area contributed by atoms with Crippen LogP contribution in [-0.4, -0.2) is 35.8 Å². The van der Waals surface area contributed by atoms with Gasteiger partial charge >= 0.3 is 5.97 Å². The van der Waals surface area contributed by atoms with Gasteiger partial charge in [-0.05, 0) is 49.2 Å². The van der Waals surface area contributed by atoms with Gasteiger partial charge in [0.25, 0.3) is 11.8 Å². The number of furan rings is 1. The maximum Gasteiger partial charge on any atom is 0.329 e. The molecule has 0 spiro atoms. The summed E-state index contributed by atoms with van der Waals surface area (Å²) < 4.78 is 10.3. The number of carbonyl (C=O) groups excluding carboxylic acids is 4. The molecule has 1 heterocycles. The Labute approximate surface area is 174 Å². The van der Waals surface area contributed by atoms with Gasteiger partial charge in [-0.2, -0.15) is 0 Å². The van der Waals surface area contributed by atoms with E-state index in [9.17, 15) is 19.2 Å². The van der Waals surface area contributed by atoms with Gasteiger partial charge in [-0.3, -0.25) is 14.4 Å². The lowest BCUT2D eigenvalue weighted by molar-refractivity contribution is -0.156. The number of amides is 3. The minimum atomic E-state index is -1.09. The van der Waals surface area contributed by atoms with Crippen molar-refractivity contribution in [3.63, 3.8) is 0 Å². The molecular formula is C21H25N3O6. The second kappa shape index (κ2) is 10.2. The van der Waals surface area contributed by atoms with Crippen molar-refractivity contribution in [1.29, 1.82) is 0 Å². The maximum atomic E-state index is 12.5.